The van der Waals surface area contributed by atoms with Gasteiger partial charge in [0.25, 0.3) is 0 Å². The maximum Gasteiger partial charge on any atom is 0.249 e. The van der Waals surface area contributed by atoms with Crippen molar-refractivity contribution in [2.24, 2.45) is 17.3 Å². The van der Waals surface area contributed by atoms with E-state index in [9.17, 15) is 19.5 Å². The van der Waals surface area contributed by atoms with Crippen LogP contribution < -0.4 is 4.90 Å². The molecular weight excluding hydrogens is 506 g/mol. The molecule has 4 aliphatic rings. The highest BCUT2D eigenvalue weighted by Gasteiger charge is 2.75. The summed E-state index contributed by atoms with van der Waals surface area (Å²) in [5.74, 6) is -2.42. The number of ether oxygens (including phenoxy) is 1. The van der Waals surface area contributed by atoms with Gasteiger partial charge in [0.2, 0.25) is 17.7 Å². The maximum absolute atomic E-state index is 14.6. The molecule has 4 aliphatic heterocycles. The number of anilines is 1. The number of para-hydroxylation sites is 1. The van der Waals surface area contributed by atoms with Gasteiger partial charge in [-0.1, -0.05) is 70.2 Å². The number of likely N-dealkylation sites (tertiary alicyclic amines) is 1. The lowest BCUT2D eigenvalue weighted by Crippen LogP contribution is -2.60. The Labute approximate surface area is 237 Å². The molecule has 1 aromatic carbocycles. The number of nitrogens with zero attached hydrogens (tertiary/aromatic N) is 3. The number of carbonyl (C=O) groups is 3. The Morgan fingerprint density at radius 3 is 2.23 bits per heavy atom. The zero-order chi connectivity index (χ0) is 29.1. The second-order valence-electron chi connectivity index (χ2n) is 13.5. The Morgan fingerprint density at radius 1 is 0.925 bits per heavy atom. The molecule has 1 unspecified atom stereocenters. The molecule has 1 spiro atoms. The Morgan fingerprint density at radius 2 is 1.60 bits per heavy atom. The Balaban J connectivity index is 1.64. The van der Waals surface area contributed by atoms with Crippen molar-refractivity contribution in [3.05, 3.63) is 54.6 Å². The van der Waals surface area contributed by atoms with Crippen LogP contribution in [0.15, 0.2) is 54.6 Å². The van der Waals surface area contributed by atoms with Gasteiger partial charge in [0.15, 0.2) is 0 Å². The van der Waals surface area contributed by atoms with Crippen LogP contribution in [-0.2, 0) is 19.1 Å². The van der Waals surface area contributed by atoms with Gasteiger partial charge in [-0.3, -0.25) is 14.4 Å². The molecule has 8 nitrogen and oxygen atoms in total. The van der Waals surface area contributed by atoms with Crippen LogP contribution in [0.1, 0.15) is 54.4 Å². The van der Waals surface area contributed by atoms with Crippen LogP contribution in [-0.4, -0.2) is 81.7 Å². The van der Waals surface area contributed by atoms with Crippen molar-refractivity contribution < 1.29 is 24.2 Å². The second kappa shape index (κ2) is 9.84. The van der Waals surface area contributed by atoms with Gasteiger partial charge < -0.3 is 24.5 Å². The number of amides is 3. The van der Waals surface area contributed by atoms with Crippen molar-refractivity contribution in [1.29, 1.82) is 0 Å². The standard InChI is InChI=1S/C32H43N3O5/c1-7-31-15-11-17-33(22-13-9-8-10-14-22)26(37)23(31)24-27(38)34(19-20-36)25-28(39)35(18-12-16-32(24,25)40-31)30(5,6)21-29(2,3)4/h8-16,23-25,36H,7,17-21H2,1-6H3/t23-,24+,25?,31+,32+/m1/s1. The number of rotatable bonds is 6. The summed E-state index contributed by atoms with van der Waals surface area (Å²) in [4.78, 5) is 48.4. The quantitative estimate of drug-likeness (QED) is 0.548. The van der Waals surface area contributed by atoms with Gasteiger partial charge in [-0.2, -0.15) is 0 Å². The third-order valence-electron chi connectivity index (χ3n) is 9.04. The SMILES string of the molecule is CC[C@]12C=CCN(c3ccccc3)C(=O)[C@H]1[C@H]1C(=O)N(CCO)C3C(=O)N(C(C)(C)CC(C)(C)C)CC=C[C@@]31O2. The van der Waals surface area contributed by atoms with Gasteiger partial charge >= 0.3 is 0 Å². The summed E-state index contributed by atoms with van der Waals surface area (Å²) in [6, 6.07) is 8.47. The summed E-state index contributed by atoms with van der Waals surface area (Å²) in [6.45, 7) is 13.0. The number of β-amino-alcohol motifs (C(OH)–C–C–N with tert-alkyl or cyclic N) is 1. The molecule has 8 heteroatoms. The molecule has 4 heterocycles. The smallest absolute Gasteiger partial charge is 0.249 e. The first kappa shape index (κ1) is 28.6. The van der Waals surface area contributed by atoms with Crippen molar-refractivity contribution in [2.75, 3.05) is 31.1 Å². The average molecular weight is 550 g/mol. The van der Waals surface area contributed by atoms with Crippen molar-refractivity contribution in [3.8, 4) is 0 Å². The Kier molecular flexibility index (Phi) is 7.02. The van der Waals surface area contributed by atoms with E-state index >= 15 is 0 Å². The Bertz CT molecular complexity index is 1230. The normalized spacial score (nSPS) is 32.2. The topological polar surface area (TPSA) is 90.4 Å². The van der Waals surface area contributed by atoms with Crippen molar-refractivity contribution in [3.63, 3.8) is 0 Å². The van der Waals surface area contributed by atoms with Gasteiger partial charge in [-0.15, -0.1) is 0 Å². The third-order valence-corrected chi connectivity index (χ3v) is 9.04. The number of aliphatic hydroxyl groups is 1. The first-order valence-electron chi connectivity index (χ1n) is 14.5. The van der Waals surface area contributed by atoms with Crippen molar-refractivity contribution in [1.82, 2.24) is 9.80 Å². The summed E-state index contributed by atoms with van der Waals surface area (Å²) >= 11 is 0. The van der Waals surface area contributed by atoms with E-state index in [1.807, 2.05) is 66.5 Å². The van der Waals surface area contributed by atoms with E-state index in [1.165, 1.54) is 4.90 Å². The summed E-state index contributed by atoms with van der Waals surface area (Å²) in [5.41, 5.74) is -2.14. The number of aliphatic hydroxyl groups excluding tert-OH is 1. The number of hydrogen-bond acceptors (Lipinski definition) is 5. The van der Waals surface area contributed by atoms with Crippen molar-refractivity contribution in [2.45, 2.75) is 77.2 Å². The molecule has 0 saturated carbocycles. The minimum Gasteiger partial charge on any atom is -0.395 e. The number of carbonyl (C=O) groups excluding carboxylic acids is 3. The molecule has 3 amide bonds. The summed E-state index contributed by atoms with van der Waals surface area (Å²) in [7, 11) is 0. The largest absolute Gasteiger partial charge is 0.395 e. The number of hydrogen-bond donors (Lipinski definition) is 1. The van der Waals surface area contributed by atoms with E-state index in [2.05, 4.69) is 34.6 Å². The molecule has 0 radical (unpaired) electrons. The average Bonchev–Trinajstić information content (AvgIpc) is 3.15. The van der Waals surface area contributed by atoms with Crippen LogP contribution in [0, 0.1) is 17.3 Å². The summed E-state index contributed by atoms with van der Waals surface area (Å²) in [5, 5.41) is 9.98. The first-order chi connectivity index (χ1) is 18.8. The predicted octanol–water partition coefficient (Wildman–Crippen LogP) is 3.56. The van der Waals surface area contributed by atoms with Gasteiger partial charge in [0.05, 0.1) is 24.0 Å². The van der Waals surface area contributed by atoms with E-state index in [-0.39, 0.29) is 36.3 Å². The monoisotopic (exact) mass is 549 g/mol. The van der Waals surface area contributed by atoms with Crippen LogP contribution in [0.5, 0.6) is 0 Å². The predicted molar refractivity (Wildman–Crippen MR) is 153 cm³/mol. The fourth-order valence-electron chi connectivity index (χ4n) is 7.89. The third kappa shape index (κ3) is 4.31. The highest BCUT2D eigenvalue weighted by molar-refractivity contribution is 6.04. The van der Waals surface area contributed by atoms with E-state index < -0.39 is 34.6 Å². The van der Waals surface area contributed by atoms with Crippen LogP contribution in [0.25, 0.3) is 0 Å². The molecule has 1 aromatic rings. The van der Waals surface area contributed by atoms with Crippen molar-refractivity contribution >= 4 is 23.4 Å². The number of benzene rings is 1. The highest BCUT2D eigenvalue weighted by atomic mass is 16.5. The molecular formula is C32H43N3O5. The van der Waals surface area contributed by atoms with E-state index in [0.29, 0.717) is 19.5 Å². The zero-order valence-electron chi connectivity index (χ0n) is 24.6. The van der Waals surface area contributed by atoms with Gasteiger partial charge in [0, 0.05) is 30.9 Å². The van der Waals surface area contributed by atoms with Crippen LogP contribution >= 0.6 is 0 Å². The van der Waals surface area contributed by atoms with Crippen LogP contribution in [0.3, 0.4) is 0 Å². The van der Waals surface area contributed by atoms with Gasteiger partial charge in [-0.25, -0.2) is 0 Å². The molecule has 40 heavy (non-hydrogen) atoms. The highest BCUT2D eigenvalue weighted by Crippen LogP contribution is 2.59. The molecule has 0 aliphatic carbocycles. The molecule has 0 aromatic heterocycles. The van der Waals surface area contributed by atoms with Crippen LogP contribution in [0.4, 0.5) is 5.69 Å². The fourth-order valence-corrected chi connectivity index (χ4v) is 7.89. The van der Waals surface area contributed by atoms with E-state index in [0.717, 1.165) is 12.1 Å². The van der Waals surface area contributed by atoms with Crippen LogP contribution in [0.2, 0.25) is 0 Å². The molecule has 216 valence electrons. The second-order valence-corrected chi connectivity index (χ2v) is 13.5. The maximum atomic E-state index is 14.6. The summed E-state index contributed by atoms with van der Waals surface area (Å²) < 4.78 is 7.00. The molecule has 0 bridgehead atoms. The lowest BCUT2D eigenvalue weighted by Gasteiger charge is -2.45. The molecule has 2 saturated heterocycles. The van der Waals surface area contributed by atoms with E-state index in [1.54, 1.807) is 4.90 Å². The summed E-state index contributed by atoms with van der Waals surface area (Å²) in [6.07, 6.45) is 8.93. The lowest BCUT2D eigenvalue weighted by atomic mass is 9.72. The lowest BCUT2D eigenvalue weighted by molar-refractivity contribution is -0.156. The van der Waals surface area contributed by atoms with Gasteiger partial charge in [0.1, 0.15) is 11.6 Å². The fraction of sp³-hybridized carbons (Fsp3) is 0.594. The first-order valence-corrected chi connectivity index (χ1v) is 14.5. The molecule has 2 fully saturated rings. The van der Waals surface area contributed by atoms with E-state index in [4.69, 9.17) is 4.74 Å². The zero-order valence-corrected chi connectivity index (χ0v) is 24.6. The Hall–Kier alpha value is -2.97. The number of fused-ring (bicyclic) bond motifs is 2. The molecule has 5 atom stereocenters. The minimum absolute atomic E-state index is 0.00347. The van der Waals surface area contributed by atoms with Gasteiger partial charge in [-0.05, 0) is 44.2 Å². The molecule has 1 N–H and O–H groups in total. The molecule has 5 rings (SSSR count). The minimum atomic E-state index is -1.32.